The first-order valence-electron chi connectivity index (χ1n) is 12.3. The van der Waals surface area contributed by atoms with Crippen molar-refractivity contribution in [2.75, 3.05) is 30.0 Å². The van der Waals surface area contributed by atoms with Gasteiger partial charge in [0.25, 0.3) is 0 Å². The minimum atomic E-state index is -0.144. The highest BCUT2D eigenvalue weighted by Gasteiger charge is 2.10. The van der Waals surface area contributed by atoms with Gasteiger partial charge in [-0.05, 0) is 90.4 Å². The summed E-state index contributed by atoms with van der Waals surface area (Å²) in [5.74, 6) is 0.510. The van der Waals surface area contributed by atoms with Gasteiger partial charge in [-0.15, -0.1) is 0 Å². The summed E-state index contributed by atoms with van der Waals surface area (Å²) >= 11 is 0. The molecule has 188 valence electrons. The molecule has 0 heterocycles. The van der Waals surface area contributed by atoms with Crippen LogP contribution in [-0.2, 0) is 11.4 Å². The van der Waals surface area contributed by atoms with Gasteiger partial charge in [0.05, 0.1) is 6.61 Å². The molecule has 0 fully saturated rings. The Morgan fingerprint density at radius 1 is 0.784 bits per heavy atom. The van der Waals surface area contributed by atoms with E-state index < -0.39 is 0 Å². The van der Waals surface area contributed by atoms with E-state index in [1.165, 1.54) is 6.08 Å². The van der Waals surface area contributed by atoms with Gasteiger partial charge in [0.1, 0.15) is 5.75 Å². The molecule has 0 spiro atoms. The van der Waals surface area contributed by atoms with Crippen LogP contribution < -0.4 is 14.5 Å². The molecule has 0 amide bonds. The third-order valence-corrected chi connectivity index (χ3v) is 6.35. The van der Waals surface area contributed by atoms with Gasteiger partial charge < -0.3 is 19.6 Å². The molecule has 0 aromatic heterocycles. The molecule has 0 atom stereocenters. The number of nitrogens with zero attached hydrogens (tertiary/aromatic N) is 2. The fourth-order valence-electron chi connectivity index (χ4n) is 4.14. The van der Waals surface area contributed by atoms with Gasteiger partial charge in [0.2, 0.25) is 0 Å². The van der Waals surface area contributed by atoms with E-state index in [0.717, 1.165) is 46.0 Å². The number of anilines is 4. The van der Waals surface area contributed by atoms with Crippen LogP contribution in [0.5, 0.6) is 5.75 Å². The second-order valence-corrected chi connectivity index (χ2v) is 8.67. The van der Waals surface area contributed by atoms with Crippen LogP contribution in [0.2, 0.25) is 0 Å². The molecule has 5 nitrogen and oxygen atoms in total. The Morgan fingerprint density at radius 3 is 1.70 bits per heavy atom. The molecule has 37 heavy (non-hydrogen) atoms. The van der Waals surface area contributed by atoms with Gasteiger partial charge in [-0.25, -0.2) is 0 Å². The Balaban J connectivity index is 1.44. The summed E-state index contributed by atoms with van der Waals surface area (Å²) < 4.78 is 5.50. The Hall–Kier alpha value is -4.35. The lowest BCUT2D eigenvalue weighted by atomic mass is 10.0. The van der Waals surface area contributed by atoms with E-state index in [9.17, 15) is 9.90 Å². The highest BCUT2D eigenvalue weighted by atomic mass is 16.5. The summed E-state index contributed by atoms with van der Waals surface area (Å²) in [5, 5.41) is 9.26. The number of aliphatic hydroxyl groups is 1. The van der Waals surface area contributed by atoms with Crippen LogP contribution in [0, 0.1) is 0 Å². The average molecular weight is 493 g/mol. The summed E-state index contributed by atoms with van der Waals surface area (Å²) in [6.07, 6.45) is 1.27. The van der Waals surface area contributed by atoms with Gasteiger partial charge in [0, 0.05) is 36.3 Å². The van der Waals surface area contributed by atoms with E-state index in [0.29, 0.717) is 5.75 Å². The molecule has 0 aliphatic carbocycles. The Labute approximate surface area is 218 Å². The number of benzene rings is 4. The van der Waals surface area contributed by atoms with Crippen molar-refractivity contribution in [3.8, 4) is 16.9 Å². The highest BCUT2D eigenvalue weighted by Crippen LogP contribution is 2.31. The van der Waals surface area contributed by atoms with Crippen molar-refractivity contribution in [2.24, 2.45) is 0 Å². The molecular weight excluding hydrogens is 460 g/mol. The van der Waals surface area contributed by atoms with Crippen molar-refractivity contribution in [3.63, 3.8) is 0 Å². The number of carbonyl (C=O) groups excluding carboxylic acids is 1. The second-order valence-electron chi connectivity index (χ2n) is 8.67. The number of ether oxygens (including phenoxy) is 1. The van der Waals surface area contributed by atoms with Gasteiger partial charge >= 0.3 is 0 Å². The summed E-state index contributed by atoms with van der Waals surface area (Å²) in [6, 6.07) is 32.7. The lowest BCUT2D eigenvalue weighted by Gasteiger charge is -2.24. The third kappa shape index (κ3) is 6.26. The normalized spacial score (nSPS) is 10.6. The minimum absolute atomic E-state index is 0.00318. The predicted octanol–water partition coefficient (Wildman–Crippen LogP) is 6.91. The van der Waals surface area contributed by atoms with Gasteiger partial charge in [-0.3, -0.25) is 4.79 Å². The van der Waals surface area contributed by atoms with E-state index >= 15 is 0 Å². The van der Waals surface area contributed by atoms with Crippen molar-refractivity contribution < 1.29 is 14.6 Å². The van der Waals surface area contributed by atoms with Crippen LogP contribution >= 0.6 is 0 Å². The maximum atomic E-state index is 11.4. The van der Waals surface area contributed by atoms with Gasteiger partial charge in [0.15, 0.2) is 12.4 Å². The van der Waals surface area contributed by atoms with Crippen molar-refractivity contribution in [3.05, 3.63) is 115 Å². The van der Waals surface area contributed by atoms with Crippen molar-refractivity contribution in [1.29, 1.82) is 0 Å². The molecule has 0 aliphatic rings. The number of carbonyl (C=O) groups is 1. The van der Waals surface area contributed by atoms with Crippen molar-refractivity contribution in [2.45, 2.75) is 13.5 Å². The number of hydrogen-bond acceptors (Lipinski definition) is 5. The zero-order valence-electron chi connectivity index (χ0n) is 21.3. The molecule has 5 heteroatoms. The van der Waals surface area contributed by atoms with E-state index in [-0.39, 0.29) is 19.0 Å². The number of ketones is 1. The second kappa shape index (κ2) is 12.1. The molecule has 4 aromatic rings. The summed E-state index contributed by atoms with van der Waals surface area (Å²) in [6.45, 7) is 6.44. The van der Waals surface area contributed by atoms with E-state index in [1.54, 1.807) is 0 Å². The maximum absolute atomic E-state index is 11.4. The fourth-order valence-corrected chi connectivity index (χ4v) is 4.14. The summed E-state index contributed by atoms with van der Waals surface area (Å²) in [5.41, 5.74) is 7.52. The molecule has 0 unspecified atom stereocenters. The molecule has 0 bridgehead atoms. The average Bonchev–Trinajstić information content (AvgIpc) is 2.97. The highest BCUT2D eigenvalue weighted by molar-refractivity contribution is 5.90. The Kier molecular flexibility index (Phi) is 8.39. The zero-order chi connectivity index (χ0) is 26.2. The first-order valence-corrected chi connectivity index (χ1v) is 12.3. The molecule has 0 saturated heterocycles. The van der Waals surface area contributed by atoms with E-state index in [4.69, 9.17) is 4.74 Å². The Bertz CT molecular complexity index is 1310. The van der Waals surface area contributed by atoms with Crippen molar-refractivity contribution in [1.82, 2.24) is 0 Å². The lowest BCUT2D eigenvalue weighted by molar-refractivity contribution is -0.116. The molecule has 0 radical (unpaired) electrons. The van der Waals surface area contributed by atoms with Crippen LogP contribution in [0.4, 0.5) is 22.7 Å². The molecule has 4 rings (SSSR count). The van der Waals surface area contributed by atoms with Crippen molar-refractivity contribution >= 4 is 28.5 Å². The minimum Gasteiger partial charge on any atom is -0.485 e. The molecule has 1 N–H and O–H groups in total. The summed E-state index contributed by atoms with van der Waals surface area (Å²) in [7, 11) is 2.04. The van der Waals surface area contributed by atoms with Crippen LogP contribution in [0.15, 0.2) is 110 Å². The van der Waals surface area contributed by atoms with E-state index in [2.05, 4.69) is 71.8 Å². The zero-order valence-corrected chi connectivity index (χ0v) is 21.3. The Morgan fingerprint density at radius 2 is 1.24 bits per heavy atom. The SMILES string of the molecule is C=CC(=O)COc1ccc(N(CC)c2ccc(-c3ccc(N(C)c4ccc(CO)cc4)cc3)cc2)cc1. The topological polar surface area (TPSA) is 53.0 Å². The van der Waals surface area contributed by atoms with E-state index in [1.807, 2.05) is 55.6 Å². The van der Waals surface area contributed by atoms with Crippen LogP contribution in [0.3, 0.4) is 0 Å². The number of aliphatic hydroxyl groups excluding tert-OH is 1. The molecule has 4 aromatic carbocycles. The number of rotatable bonds is 11. The maximum Gasteiger partial charge on any atom is 0.192 e. The summed E-state index contributed by atoms with van der Waals surface area (Å²) in [4.78, 5) is 15.7. The largest absolute Gasteiger partial charge is 0.485 e. The smallest absolute Gasteiger partial charge is 0.192 e. The first kappa shape index (κ1) is 25.7. The predicted molar refractivity (Wildman–Crippen MR) is 152 cm³/mol. The lowest BCUT2D eigenvalue weighted by Crippen LogP contribution is -2.15. The fraction of sp³-hybridized carbons (Fsp3) is 0.156. The third-order valence-electron chi connectivity index (χ3n) is 6.35. The van der Waals surface area contributed by atoms with Gasteiger partial charge in [-0.2, -0.15) is 0 Å². The standard InChI is InChI=1S/C32H32N2O3/c1-4-31(36)23-37-32-20-18-30(19-21-32)34(5-2)29-16-10-26(11-17-29)25-8-14-28(15-9-25)33(3)27-12-6-24(22-35)7-13-27/h4,6-21,35H,1,5,22-23H2,2-3H3. The van der Waals surface area contributed by atoms with Crippen LogP contribution in [-0.4, -0.2) is 31.1 Å². The van der Waals surface area contributed by atoms with Crippen LogP contribution in [0.25, 0.3) is 11.1 Å². The monoisotopic (exact) mass is 492 g/mol. The van der Waals surface area contributed by atoms with Gasteiger partial charge in [-0.1, -0.05) is 43.0 Å². The molecular formula is C32H32N2O3. The number of hydrogen-bond donors (Lipinski definition) is 1. The first-order chi connectivity index (χ1) is 18.0. The van der Waals surface area contributed by atoms with Crippen LogP contribution in [0.1, 0.15) is 12.5 Å². The molecule has 0 aliphatic heterocycles. The quantitative estimate of drug-likeness (QED) is 0.231. The molecule has 0 saturated carbocycles.